The molecule has 1 N–H and O–H groups in total. The first-order chi connectivity index (χ1) is 12.2. The molecule has 3 rings (SSSR count). The summed E-state index contributed by atoms with van der Waals surface area (Å²) in [6, 6.07) is 14.9. The van der Waals surface area contributed by atoms with Crippen molar-refractivity contribution < 1.29 is 19.4 Å². The molecule has 0 aromatic heterocycles. The number of nitrogens with zero attached hydrogens (tertiary/aromatic N) is 1. The quantitative estimate of drug-likeness (QED) is 0.878. The third-order valence-electron chi connectivity index (χ3n) is 4.69. The summed E-state index contributed by atoms with van der Waals surface area (Å²) in [6.07, 6.45) is 1.28. The first-order valence-electron chi connectivity index (χ1n) is 8.37. The molecular weight excluding hydrogens is 318 g/mol. The Morgan fingerprint density at radius 2 is 1.80 bits per heavy atom. The van der Waals surface area contributed by atoms with E-state index in [1.807, 2.05) is 48.5 Å². The van der Waals surface area contributed by atoms with Gasteiger partial charge in [-0.3, -0.25) is 4.79 Å². The molecule has 0 aliphatic carbocycles. The second kappa shape index (κ2) is 7.57. The van der Waals surface area contributed by atoms with Crippen LogP contribution in [0.1, 0.15) is 12.0 Å². The number of aliphatic hydroxyl groups is 1. The van der Waals surface area contributed by atoms with E-state index in [0.29, 0.717) is 12.8 Å². The van der Waals surface area contributed by atoms with Crippen molar-refractivity contribution in [1.82, 2.24) is 0 Å². The van der Waals surface area contributed by atoms with E-state index in [0.717, 1.165) is 22.7 Å². The molecule has 2 unspecified atom stereocenters. The van der Waals surface area contributed by atoms with Gasteiger partial charge in [0.05, 0.1) is 26.9 Å². The number of carbonyl (C=O) groups excluding carboxylic acids is 1. The Hall–Kier alpha value is -2.53. The lowest BCUT2D eigenvalue weighted by molar-refractivity contribution is -0.120. The average molecular weight is 341 g/mol. The Morgan fingerprint density at radius 1 is 1.08 bits per heavy atom. The van der Waals surface area contributed by atoms with Crippen LogP contribution in [0.3, 0.4) is 0 Å². The van der Waals surface area contributed by atoms with Gasteiger partial charge in [-0.15, -0.1) is 0 Å². The van der Waals surface area contributed by atoms with Crippen molar-refractivity contribution in [1.29, 1.82) is 0 Å². The second-order valence-corrected chi connectivity index (χ2v) is 6.23. The Labute approximate surface area is 147 Å². The van der Waals surface area contributed by atoms with Crippen molar-refractivity contribution in [2.75, 3.05) is 25.7 Å². The molecule has 1 aliphatic rings. The largest absolute Gasteiger partial charge is 0.497 e. The highest BCUT2D eigenvalue weighted by Gasteiger charge is 2.39. The van der Waals surface area contributed by atoms with Crippen molar-refractivity contribution in [2.24, 2.45) is 5.92 Å². The van der Waals surface area contributed by atoms with Crippen LogP contribution in [0, 0.1) is 5.92 Å². The van der Waals surface area contributed by atoms with Crippen molar-refractivity contribution >= 4 is 11.6 Å². The Kier molecular flexibility index (Phi) is 5.24. The Morgan fingerprint density at radius 3 is 2.44 bits per heavy atom. The van der Waals surface area contributed by atoms with Gasteiger partial charge >= 0.3 is 0 Å². The lowest BCUT2D eigenvalue weighted by atomic mass is 9.96. The summed E-state index contributed by atoms with van der Waals surface area (Å²) >= 11 is 0. The van der Waals surface area contributed by atoms with Gasteiger partial charge in [0.15, 0.2) is 0 Å². The van der Waals surface area contributed by atoms with Crippen LogP contribution in [0.25, 0.3) is 0 Å². The van der Waals surface area contributed by atoms with Gasteiger partial charge in [-0.2, -0.15) is 0 Å². The number of amides is 1. The molecule has 0 radical (unpaired) electrons. The smallest absolute Gasteiger partial charge is 0.230 e. The number of hydrogen-bond donors (Lipinski definition) is 1. The SMILES string of the molecule is COc1ccc(N2C(=O)C(Cc3cccc(OC)c3)CC2CO)cc1. The predicted molar refractivity (Wildman–Crippen MR) is 96.2 cm³/mol. The molecule has 1 aliphatic heterocycles. The summed E-state index contributed by atoms with van der Waals surface area (Å²) in [5, 5.41) is 9.74. The van der Waals surface area contributed by atoms with Crippen LogP contribution in [0.5, 0.6) is 11.5 Å². The number of rotatable bonds is 6. The van der Waals surface area contributed by atoms with Crippen LogP contribution >= 0.6 is 0 Å². The third kappa shape index (κ3) is 3.61. The van der Waals surface area contributed by atoms with Gasteiger partial charge in [0, 0.05) is 11.6 Å². The molecule has 0 bridgehead atoms. The van der Waals surface area contributed by atoms with Gasteiger partial charge in [-0.1, -0.05) is 12.1 Å². The Balaban J connectivity index is 1.80. The van der Waals surface area contributed by atoms with Crippen LogP contribution in [0.2, 0.25) is 0 Å². The van der Waals surface area contributed by atoms with E-state index in [1.165, 1.54) is 0 Å². The number of anilines is 1. The topological polar surface area (TPSA) is 59.0 Å². The summed E-state index contributed by atoms with van der Waals surface area (Å²) < 4.78 is 10.4. The summed E-state index contributed by atoms with van der Waals surface area (Å²) in [5.74, 6) is 1.43. The lowest BCUT2D eigenvalue weighted by Crippen LogP contribution is -2.36. The van der Waals surface area contributed by atoms with E-state index in [1.54, 1.807) is 19.1 Å². The fraction of sp³-hybridized carbons (Fsp3) is 0.350. The molecule has 0 spiro atoms. The molecular formula is C20H23NO4. The van der Waals surface area contributed by atoms with E-state index >= 15 is 0 Å². The second-order valence-electron chi connectivity index (χ2n) is 6.23. The fourth-order valence-electron chi connectivity index (χ4n) is 3.40. The van der Waals surface area contributed by atoms with Crippen LogP contribution in [0.15, 0.2) is 48.5 Å². The first-order valence-corrected chi connectivity index (χ1v) is 8.37. The van der Waals surface area contributed by atoms with Crippen LogP contribution < -0.4 is 14.4 Å². The molecule has 1 amide bonds. The molecule has 5 nitrogen and oxygen atoms in total. The number of hydrogen-bond acceptors (Lipinski definition) is 4. The molecule has 1 fully saturated rings. The Bertz CT molecular complexity index is 729. The van der Waals surface area contributed by atoms with Crippen molar-refractivity contribution in [3.05, 3.63) is 54.1 Å². The minimum absolute atomic E-state index is 0.0482. The zero-order valence-corrected chi connectivity index (χ0v) is 14.5. The highest BCUT2D eigenvalue weighted by molar-refractivity contribution is 5.98. The van der Waals surface area contributed by atoms with E-state index in [9.17, 15) is 9.90 Å². The minimum Gasteiger partial charge on any atom is -0.497 e. The highest BCUT2D eigenvalue weighted by atomic mass is 16.5. The summed E-state index contributed by atoms with van der Waals surface area (Å²) in [4.78, 5) is 14.7. The van der Waals surface area contributed by atoms with Crippen molar-refractivity contribution in [3.8, 4) is 11.5 Å². The number of benzene rings is 2. The molecule has 1 heterocycles. The van der Waals surface area contributed by atoms with Gasteiger partial charge < -0.3 is 19.5 Å². The van der Waals surface area contributed by atoms with E-state index < -0.39 is 0 Å². The third-order valence-corrected chi connectivity index (χ3v) is 4.69. The molecule has 5 heteroatoms. The van der Waals surface area contributed by atoms with Gasteiger partial charge in [0.1, 0.15) is 11.5 Å². The fourth-order valence-corrected chi connectivity index (χ4v) is 3.40. The summed E-state index contributed by atoms with van der Waals surface area (Å²) in [5.41, 5.74) is 1.85. The molecule has 2 atom stereocenters. The highest BCUT2D eigenvalue weighted by Crippen LogP contribution is 2.33. The lowest BCUT2D eigenvalue weighted by Gasteiger charge is -2.23. The maximum Gasteiger partial charge on any atom is 0.230 e. The van der Waals surface area contributed by atoms with Gasteiger partial charge in [0.2, 0.25) is 5.91 Å². The maximum atomic E-state index is 12.9. The maximum absolute atomic E-state index is 12.9. The zero-order chi connectivity index (χ0) is 17.8. The van der Waals surface area contributed by atoms with Crippen molar-refractivity contribution in [2.45, 2.75) is 18.9 Å². The van der Waals surface area contributed by atoms with Gasteiger partial charge in [-0.05, 0) is 54.8 Å². The number of ether oxygens (including phenoxy) is 2. The first kappa shape index (κ1) is 17.3. The molecule has 1 saturated heterocycles. The van der Waals surface area contributed by atoms with E-state index in [2.05, 4.69) is 0 Å². The number of methoxy groups -OCH3 is 2. The molecule has 0 saturated carbocycles. The van der Waals surface area contributed by atoms with Gasteiger partial charge in [-0.25, -0.2) is 0 Å². The van der Waals surface area contributed by atoms with Crippen molar-refractivity contribution in [3.63, 3.8) is 0 Å². The van der Waals surface area contributed by atoms with Gasteiger partial charge in [0.25, 0.3) is 0 Å². The molecule has 25 heavy (non-hydrogen) atoms. The van der Waals surface area contributed by atoms with Crippen LogP contribution in [0.4, 0.5) is 5.69 Å². The minimum atomic E-state index is -0.198. The summed E-state index contributed by atoms with van der Waals surface area (Å²) in [6.45, 7) is -0.0492. The number of aliphatic hydroxyl groups excluding tert-OH is 1. The zero-order valence-electron chi connectivity index (χ0n) is 14.5. The standard InChI is InChI=1S/C20H23NO4/c1-24-18-8-6-16(7-9-18)21-17(13-22)12-15(20(21)23)10-14-4-3-5-19(11-14)25-2/h3-9,11,15,17,22H,10,12-13H2,1-2H3. The monoisotopic (exact) mass is 341 g/mol. The predicted octanol–water partition coefficient (Wildman–Crippen LogP) is 2.66. The van der Waals surface area contributed by atoms with E-state index in [4.69, 9.17) is 9.47 Å². The normalized spacial score (nSPS) is 20.0. The van der Waals surface area contributed by atoms with Crippen LogP contribution in [-0.4, -0.2) is 37.9 Å². The number of carbonyl (C=O) groups is 1. The molecule has 2 aromatic rings. The van der Waals surface area contributed by atoms with Crippen LogP contribution in [-0.2, 0) is 11.2 Å². The molecule has 132 valence electrons. The van der Waals surface area contributed by atoms with E-state index in [-0.39, 0.29) is 24.5 Å². The average Bonchev–Trinajstić information content (AvgIpc) is 2.97. The summed E-state index contributed by atoms with van der Waals surface area (Å²) in [7, 11) is 3.24. The molecule has 2 aromatic carbocycles.